The first-order valence-corrected chi connectivity index (χ1v) is 17.6. The topological polar surface area (TPSA) is 158 Å². The lowest BCUT2D eigenvalue weighted by Gasteiger charge is -2.44. The van der Waals surface area contributed by atoms with Gasteiger partial charge >= 0.3 is 17.9 Å². The maximum atomic E-state index is 13.7. The molecular formula is C29H36O11Si. The molecule has 12 atom stereocenters. The molecule has 0 amide bonds. The Labute approximate surface area is 238 Å². The van der Waals surface area contributed by atoms with E-state index in [-0.39, 0.29) is 6.61 Å². The molecule has 1 aromatic carbocycles. The van der Waals surface area contributed by atoms with Crippen molar-refractivity contribution in [1.82, 2.24) is 0 Å². The highest BCUT2D eigenvalue weighted by molar-refractivity contribution is 6.89. The van der Waals surface area contributed by atoms with Crippen LogP contribution in [0, 0.1) is 22.7 Å². The first-order chi connectivity index (χ1) is 19.3. The minimum absolute atomic E-state index is 0.00479. The van der Waals surface area contributed by atoms with E-state index in [0.717, 1.165) is 18.0 Å². The van der Waals surface area contributed by atoms with Crippen LogP contribution in [-0.4, -0.2) is 89.3 Å². The molecule has 7 rings (SSSR count). The molecule has 3 N–H and O–H groups in total. The van der Waals surface area contributed by atoms with Crippen LogP contribution in [0.5, 0.6) is 0 Å². The van der Waals surface area contributed by atoms with Crippen LogP contribution in [0.2, 0.25) is 19.1 Å². The fourth-order valence-electron chi connectivity index (χ4n) is 9.57. The summed E-state index contributed by atoms with van der Waals surface area (Å²) in [6.45, 7) is 9.87. The number of esters is 3. The molecule has 6 aliphatic rings. The minimum atomic E-state index is -2.34. The van der Waals surface area contributed by atoms with E-state index >= 15 is 0 Å². The Balaban J connectivity index is 1.31. The second kappa shape index (κ2) is 8.17. The van der Waals surface area contributed by atoms with Gasteiger partial charge in [0.15, 0.2) is 17.8 Å². The van der Waals surface area contributed by atoms with Gasteiger partial charge in [-0.15, -0.1) is 0 Å². The van der Waals surface area contributed by atoms with Gasteiger partial charge in [-0.1, -0.05) is 68.9 Å². The number of aliphatic hydroxyl groups excluding tert-OH is 2. The number of rotatable bonds is 6. The summed E-state index contributed by atoms with van der Waals surface area (Å²) < 4.78 is 29.4. The van der Waals surface area contributed by atoms with Gasteiger partial charge in [0.1, 0.15) is 12.2 Å². The third-order valence-electron chi connectivity index (χ3n) is 11.4. The second-order valence-corrected chi connectivity index (χ2v) is 18.2. The molecule has 1 aromatic rings. The fraction of sp³-hybridized carbons (Fsp3) is 0.690. The summed E-state index contributed by atoms with van der Waals surface area (Å²) in [5, 5.41) is 36.9. The predicted molar refractivity (Wildman–Crippen MR) is 141 cm³/mol. The third-order valence-corrected chi connectivity index (χ3v) is 15.1. The molecule has 0 radical (unpaired) electrons. The van der Waals surface area contributed by atoms with Gasteiger partial charge in [-0.3, -0.25) is 4.79 Å². The third kappa shape index (κ3) is 2.64. The monoisotopic (exact) mass is 588 g/mol. The van der Waals surface area contributed by atoms with Crippen LogP contribution >= 0.6 is 0 Å². The molecule has 0 bridgehead atoms. The highest BCUT2D eigenvalue weighted by Gasteiger charge is 3.04. The van der Waals surface area contributed by atoms with E-state index in [1.807, 2.05) is 12.1 Å². The minimum Gasteiger partial charge on any atom is -0.456 e. The quantitative estimate of drug-likeness (QED) is 0.236. The molecule has 4 aliphatic heterocycles. The van der Waals surface area contributed by atoms with Crippen molar-refractivity contribution in [1.29, 1.82) is 0 Å². The van der Waals surface area contributed by atoms with Gasteiger partial charge in [0.2, 0.25) is 11.9 Å². The first-order valence-electron chi connectivity index (χ1n) is 14.4. The summed E-state index contributed by atoms with van der Waals surface area (Å²) in [5.74, 6) is -4.73. The summed E-state index contributed by atoms with van der Waals surface area (Å²) in [6, 6.07) is 9.26. The zero-order valence-corrected chi connectivity index (χ0v) is 24.7. The van der Waals surface area contributed by atoms with Crippen LogP contribution in [0.3, 0.4) is 0 Å². The Hall–Kier alpha value is -2.35. The molecule has 2 saturated carbocycles. The van der Waals surface area contributed by atoms with Gasteiger partial charge in [-0.05, 0) is 12.5 Å². The summed E-state index contributed by atoms with van der Waals surface area (Å²) >= 11 is 0. The SMILES string of the molecule is CCC[Si](C)(C)c1ccc(CO[C@H]2C(=O)OC3O[C@@]45C(=O)OC6[C@H](O)[C@@H](C)C32C64[C@@H](O)[C@@H]2OC(=O)[C@@H](C)[C@@]25O)cc1. The van der Waals surface area contributed by atoms with Gasteiger partial charge in [-0.25, -0.2) is 9.59 Å². The second-order valence-electron chi connectivity index (χ2n) is 13.3. The van der Waals surface area contributed by atoms with Crippen LogP contribution in [0.25, 0.3) is 0 Å². The van der Waals surface area contributed by atoms with Gasteiger partial charge in [-0.2, -0.15) is 0 Å². The van der Waals surface area contributed by atoms with Crippen molar-refractivity contribution in [3.8, 4) is 0 Å². The molecular weight excluding hydrogens is 552 g/mol. The normalized spacial score (nSPS) is 48.9. The summed E-state index contributed by atoms with van der Waals surface area (Å²) in [4.78, 5) is 39.8. The van der Waals surface area contributed by atoms with E-state index in [1.165, 1.54) is 12.1 Å². The van der Waals surface area contributed by atoms with Gasteiger partial charge in [0, 0.05) is 5.92 Å². The highest BCUT2D eigenvalue weighted by Crippen LogP contribution is 2.83. The van der Waals surface area contributed by atoms with Crippen molar-refractivity contribution < 1.29 is 53.4 Å². The van der Waals surface area contributed by atoms with Crippen LogP contribution in [-0.2, 0) is 44.7 Å². The summed E-state index contributed by atoms with van der Waals surface area (Å²) in [6.07, 6.45) is -7.71. The van der Waals surface area contributed by atoms with Crippen LogP contribution in [0.1, 0.15) is 32.8 Å². The maximum absolute atomic E-state index is 13.7. The molecule has 12 heteroatoms. The average molecular weight is 589 g/mol. The van der Waals surface area contributed by atoms with Crippen LogP contribution in [0.15, 0.2) is 24.3 Å². The molecule has 4 heterocycles. The smallest absolute Gasteiger partial charge is 0.343 e. The van der Waals surface area contributed by atoms with E-state index < -0.39 is 96.7 Å². The number of hydrogen-bond donors (Lipinski definition) is 3. The predicted octanol–water partition coefficient (Wildman–Crippen LogP) is 0.125. The number of hydrogen-bond acceptors (Lipinski definition) is 11. The van der Waals surface area contributed by atoms with Gasteiger partial charge in [0.25, 0.3) is 0 Å². The lowest BCUT2D eigenvalue weighted by Crippen LogP contribution is -2.67. The zero-order valence-electron chi connectivity index (χ0n) is 23.7. The van der Waals surface area contributed by atoms with Crippen molar-refractivity contribution in [2.75, 3.05) is 0 Å². The molecule has 41 heavy (non-hydrogen) atoms. The van der Waals surface area contributed by atoms with E-state index in [9.17, 15) is 29.7 Å². The van der Waals surface area contributed by atoms with Crippen molar-refractivity contribution in [2.24, 2.45) is 22.7 Å². The largest absolute Gasteiger partial charge is 0.456 e. The Bertz CT molecular complexity index is 1350. The summed E-state index contributed by atoms with van der Waals surface area (Å²) in [7, 11) is -1.58. The molecule has 6 fully saturated rings. The van der Waals surface area contributed by atoms with Crippen LogP contribution in [0.4, 0.5) is 0 Å². The molecule has 2 aliphatic carbocycles. The molecule has 4 saturated heterocycles. The number of carbonyl (C=O) groups is 3. The number of fused-ring (bicyclic) bond motifs is 1. The van der Waals surface area contributed by atoms with E-state index in [2.05, 4.69) is 32.2 Å². The summed E-state index contributed by atoms with van der Waals surface area (Å²) in [5.41, 5.74) is -7.40. The van der Waals surface area contributed by atoms with Gasteiger partial charge < -0.3 is 39.0 Å². The van der Waals surface area contributed by atoms with Crippen molar-refractivity contribution in [2.45, 2.75) is 101 Å². The Morgan fingerprint density at radius 1 is 0.976 bits per heavy atom. The number of benzene rings is 1. The van der Waals surface area contributed by atoms with Crippen molar-refractivity contribution in [3.05, 3.63) is 29.8 Å². The average Bonchev–Trinajstić information content (AvgIpc) is 3.62. The standard InChI is InChI=1S/C29H36O11Si/c1-6-11-41(4,5)16-9-7-15(8-10-16)12-36-21-23(33)39-25-26(21)13(2)17(30)19-27(26)18(31)20-28(35,14(3)22(32)37-20)29(27,40-25)24(34)38-19/h7-10,13-14,17-21,25,30-31,35H,6,11-12H2,1-5H3/t13-,14-,17-,18+,19?,20+,21+,25?,26?,27?,28-,29+/m1/s1. The number of ether oxygens (including phenoxy) is 5. The highest BCUT2D eigenvalue weighted by atomic mass is 28.3. The Morgan fingerprint density at radius 2 is 1.66 bits per heavy atom. The Morgan fingerprint density at radius 3 is 2.32 bits per heavy atom. The maximum Gasteiger partial charge on any atom is 0.343 e. The van der Waals surface area contributed by atoms with E-state index in [1.54, 1.807) is 6.92 Å². The molecule has 0 aromatic heterocycles. The van der Waals surface area contributed by atoms with Gasteiger partial charge in [0.05, 0.1) is 37.5 Å². The van der Waals surface area contributed by atoms with E-state index in [0.29, 0.717) is 0 Å². The first kappa shape index (κ1) is 27.5. The van der Waals surface area contributed by atoms with E-state index in [4.69, 9.17) is 23.7 Å². The van der Waals surface area contributed by atoms with Crippen LogP contribution < -0.4 is 5.19 Å². The fourth-order valence-corrected chi connectivity index (χ4v) is 12.2. The molecule has 11 nitrogen and oxygen atoms in total. The zero-order chi connectivity index (χ0) is 29.5. The van der Waals surface area contributed by atoms with Crippen molar-refractivity contribution in [3.63, 3.8) is 0 Å². The lowest BCUT2D eigenvalue weighted by molar-refractivity contribution is -0.238. The van der Waals surface area contributed by atoms with Crippen molar-refractivity contribution >= 4 is 31.2 Å². The lowest BCUT2D eigenvalue weighted by atomic mass is 9.54. The molecule has 4 unspecified atom stereocenters. The number of aliphatic hydroxyl groups is 3. The molecule has 2 spiro atoms. The molecule has 222 valence electrons. The number of carbonyl (C=O) groups excluding carboxylic acids is 3. The Kier molecular flexibility index (Phi) is 5.48.